The number of nitrogens with zero attached hydrogens (tertiary/aromatic N) is 2. The van der Waals surface area contributed by atoms with Gasteiger partial charge in [0.15, 0.2) is 5.83 Å². The van der Waals surface area contributed by atoms with Gasteiger partial charge in [0.05, 0.1) is 6.20 Å². The molecule has 2 rings (SSSR count). The molecule has 0 spiro atoms. The van der Waals surface area contributed by atoms with E-state index in [-0.39, 0.29) is 25.5 Å². The molecule has 8 heteroatoms. The second-order valence-electron chi connectivity index (χ2n) is 3.70. The molecule has 0 saturated carbocycles. The van der Waals surface area contributed by atoms with Gasteiger partial charge in [0, 0.05) is 26.2 Å². The predicted octanol–water partition coefficient (Wildman–Crippen LogP) is 1.51. The summed E-state index contributed by atoms with van der Waals surface area (Å²) in [6.07, 6.45) is -2.30. The van der Waals surface area contributed by atoms with E-state index in [0.29, 0.717) is 19.3 Å². The van der Waals surface area contributed by atoms with Gasteiger partial charge in [-0.2, -0.15) is 4.39 Å². The Morgan fingerprint density at radius 1 is 1.35 bits per heavy atom. The fourth-order valence-electron chi connectivity index (χ4n) is 1.85. The first-order valence-corrected chi connectivity index (χ1v) is 4.95. The molecule has 1 N–H and O–H groups in total. The summed E-state index contributed by atoms with van der Waals surface area (Å²) in [5.41, 5.74) is 0. The first kappa shape index (κ1) is 14.4. The van der Waals surface area contributed by atoms with Crippen molar-refractivity contribution in [2.24, 2.45) is 4.99 Å². The van der Waals surface area contributed by atoms with Crippen molar-refractivity contribution in [3.05, 3.63) is 12.0 Å². The Bertz CT molecular complexity index is 343. The number of nitrogens with one attached hydrogen (secondary N) is 1. The molecule has 0 aromatic heterocycles. The van der Waals surface area contributed by atoms with Crippen molar-refractivity contribution in [3.63, 3.8) is 0 Å². The summed E-state index contributed by atoms with van der Waals surface area (Å²) in [5.74, 6) is -5.96. The van der Waals surface area contributed by atoms with E-state index in [4.69, 9.17) is 0 Å². The van der Waals surface area contributed by atoms with Gasteiger partial charge >= 0.3 is 0 Å². The van der Waals surface area contributed by atoms with Gasteiger partial charge < -0.3 is 5.32 Å². The lowest BCUT2D eigenvalue weighted by Crippen LogP contribution is -2.60. The van der Waals surface area contributed by atoms with Crippen LogP contribution in [0, 0.1) is 0 Å². The number of aliphatic imine (C=N–C) groups is 1. The van der Waals surface area contributed by atoms with Crippen LogP contribution < -0.4 is 5.32 Å². The molecule has 0 aromatic rings. The molecule has 2 heterocycles. The van der Waals surface area contributed by atoms with Gasteiger partial charge in [0.1, 0.15) is 0 Å². The zero-order chi connectivity index (χ0) is 11.8. The van der Waals surface area contributed by atoms with Crippen molar-refractivity contribution in [2.45, 2.75) is 12.0 Å². The van der Waals surface area contributed by atoms with Crippen molar-refractivity contribution >= 4 is 18.4 Å². The van der Waals surface area contributed by atoms with Gasteiger partial charge in [0.2, 0.25) is 12.1 Å². The average molecular weight is 274 g/mol. The third-order valence-electron chi connectivity index (χ3n) is 2.76. The van der Waals surface area contributed by atoms with Crippen LogP contribution in [0.2, 0.25) is 0 Å². The molecule has 2 unspecified atom stereocenters. The molecule has 2 aliphatic heterocycles. The molecule has 0 bridgehead atoms. The predicted molar refractivity (Wildman–Crippen MR) is 58.2 cm³/mol. The fourth-order valence-corrected chi connectivity index (χ4v) is 1.85. The van der Waals surface area contributed by atoms with Crippen LogP contribution in [0.25, 0.3) is 0 Å². The van der Waals surface area contributed by atoms with Crippen LogP contribution in [0.1, 0.15) is 0 Å². The highest BCUT2D eigenvalue weighted by atomic mass is 35.5. The summed E-state index contributed by atoms with van der Waals surface area (Å²) in [5, 5.41) is 2.92. The van der Waals surface area contributed by atoms with E-state index in [2.05, 4.69) is 10.3 Å². The molecule has 17 heavy (non-hydrogen) atoms. The number of hydrogen-bond acceptors (Lipinski definition) is 3. The SMILES string of the molecule is Cl.FC1=CN=C(F)C(F)C1(F)N1CCNCC1. The van der Waals surface area contributed by atoms with Gasteiger partial charge in [-0.3, -0.25) is 4.90 Å². The average Bonchev–Trinajstić information content (AvgIpc) is 2.33. The molecular formula is C9H12ClF4N3. The smallest absolute Gasteiger partial charge is 0.257 e. The van der Waals surface area contributed by atoms with Gasteiger partial charge in [-0.05, 0) is 0 Å². The molecule has 1 fully saturated rings. The Morgan fingerprint density at radius 2 is 1.94 bits per heavy atom. The molecule has 1 saturated heterocycles. The molecule has 0 amide bonds. The van der Waals surface area contributed by atoms with Crippen molar-refractivity contribution < 1.29 is 17.6 Å². The van der Waals surface area contributed by atoms with E-state index in [0.717, 1.165) is 4.90 Å². The van der Waals surface area contributed by atoms with Crippen LogP contribution in [-0.2, 0) is 0 Å². The van der Waals surface area contributed by atoms with Gasteiger partial charge in [-0.15, -0.1) is 12.4 Å². The van der Waals surface area contributed by atoms with Crippen molar-refractivity contribution in [2.75, 3.05) is 26.2 Å². The Morgan fingerprint density at radius 3 is 2.53 bits per heavy atom. The first-order chi connectivity index (χ1) is 7.56. The van der Waals surface area contributed by atoms with Gasteiger partial charge in [0.25, 0.3) is 5.79 Å². The van der Waals surface area contributed by atoms with Crippen LogP contribution in [0.15, 0.2) is 17.0 Å². The van der Waals surface area contributed by atoms with E-state index >= 15 is 0 Å². The lowest BCUT2D eigenvalue weighted by atomic mass is 10.0. The Balaban J connectivity index is 0.00000144. The summed E-state index contributed by atoms with van der Waals surface area (Å²) in [6.45, 7) is 1.05. The highest BCUT2D eigenvalue weighted by molar-refractivity contribution is 5.85. The molecule has 0 radical (unpaired) electrons. The molecule has 2 atom stereocenters. The van der Waals surface area contributed by atoms with Crippen molar-refractivity contribution in [3.8, 4) is 0 Å². The Hall–Kier alpha value is -0.660. The minimum Gasteiger partial charge on any atom is -0.314 e. The van der Waals surface area contributed by atoms with Crippen LogP contribution >= 0.6 is 12.4 Å². The van der Waals surface area contributed by atoms with Crippen molar-refractivity contribution in [1.29, 1.82) is 0 Å². The van der Waals surface area contributed by atoms with Crippen LogP contribution in [0.3, 0.4) is 0 Å². The first-order valence-electron chi connectivity index (χ1n) is 4.95. The Kier molecular flexibility index (Phi) is 4.51. The summed E-state index contributed by atoms with van der Waals surface area (Å²) in [7, 11) is 0. The van der Waals surface area contributed by atoms with Crippen molar-refractivity contribution in [1.82, 2.24) is 10.2 Å². The Labute approximate surface area is 102 Å². The second kappa shape index (κ2) is 5.32. The maximum absolute atomic E-state index is 14.3. The van der Waals surface area contributed by atoms with E-state index in [1.54, 1.807) is 0 Å². The van der Waals surface area contributed by atoms with Crippen LogP contribution in [0.5, 0.6) is 0 Å². The molecule has 2 aliphatic rings. The minimum atomic E-state index is -3.05. The molecule has 0 aromatic carbocycles. The number of hydrogen-bond donors (Lipinski definition) is 1. The van der Waals surface area contributed by atoms with Gasteiger partial charge in [-0.1, -0.05) is 0 Å². The number of piperazine rings is 1. The molecule has 0 aliphatic carbocycles. The lowest BCUT2D eigenvalue weighted by Gasteiger charge is -2.40. The monoisotopic (exact) mass is 273 g/mol. The second-order valence-corrected chi connectivity index (χ2v) is 3.70. The highest BCUT2D eigenvalue weighted by Crippen LogP contribution is 2.37. The third kappa shape index (κ3) is 2.31. The van der Waals surface area contributed by atoms with E-state index in [1.165, 1.54) is 0 Å². The fraction of sp³-hybridized carbons (Fsp3) is 0.667. The maximum Gasteiger partial charge on any atom is 0.257 e. The zero-order valence-electron chi connectivity index (χ0n) is 8.80. The number of rotatable bonds is 1. The normalized spacial score (nSPS) is 34.7. The lowest BCUT2D eigenvalue weighted by molar-refractivity contribution is -0.0666. The van der Waals surface area contributed by atoms with Crippen LogP contribution in [0.4, 0.5) is 17.6 Å². The summed E-state index contributed by atoms with van der Waals surface area (Å²) >= 11 is 0. The third-order valence-corrected chi connectivity index (χ3v) is 2.76. The standard InChI is InChI=1S/C9H11F4N3.ClH/c10-6-5-15-8(12)7(11)9(6,13)16-3-1-14-2-4-16;/h5,7,14H,1-4H2;1H. The highest BCUT2D eigenvalue weighted by Gasteiger charge is 2.54. The quantitative estimate of drug-likeness (QED) is 0.579. The minimum absolute atomic E-state index is 0. The van der Waals surface area contributed by atoms with E-state index in [9.17, 15) is 17.6 Å². The topological polar surface area (TPSA) is 27.6 Å². The summed E-state index contributed by atoms with van der Waals surface area (Å²) in [6, 6.07) is 0. The largest absolute Gasteiger partial charge is 0.314 e. The maximum atomic E-state index is 14.3. The molecular weight excluding hydrogens is 262 g/mol. The number of alkyl halides is 2. The van der Waals surface area contributed by atoms with E-state index < -0.39 is 23.8 Å². The van der Waals surface area contributed by atoms with E-state index in [1.807, 2.05) is 0 Å². The summed E-state index contributed by atoms with van der Waals surface area (Å²) < 4.78 is 53.9. The van der Waals surface area contributed by atoms with Gasteiger partial charge in [-0.25, -0.2) is 18.2 Å². The molecule has 98 valence electrons. The summed E-state index contributed by atoms with van der Waals surface area (Å²) in [4.78, 5) is 3.79. The zero-order valence-corrected chi connectivity index (χ0v) is 9.61. The number of halogens is 5. The molecule has 3 nitrogen and oxygen atoms in total. The van der Waals surface area contributed by atoms with Crippen LogP contribution in [-0.4, -0.2) is 49.0 Å².